The Morgan fingerprint density at radius 1 is 1.19 bits per heavy atom. The van der Waals surface area contributed by atoms with E-state index in [2.05, 4.69) is 6.92 Å². The summed E-state index contributed by atoms with van der Waals surface area (Å²) in [5, 5.41) is 0. The minimum atomic E-state index is -0.146. The first-order valence-corrected chi connectivity index (χ1v) is 8.72. The highest BCUT2D eigenvalue weighted by Gasteiger charge is 2.66. The van der Waals surface area contributed by atoms with Gasteiger partial charge in [-0.2, -0.15) is 0 Å². The predicted molar refractivity (Wildman–Crippen MR) is 78.4 cm³/mol. The first-order valence-electron chi connectivity index (χ1n) is 8.72. The summed E-state index contributed by atoms with van der Waals surface area (Å²) in [5.41, 5.74) is 0.177. The molecule has 21 heavy (non-hydrogen) atoms. The zero-order valence-electron chi connectivity index (χ0n) is 13.1. The molecule has 4 saturated carbocycles. The van der Waals surface area contributed by atoms with E-state index in [1.54, 1.807) is 0 Å². The second kappa shape index (κ2) is 4.57. The Bertz CT molecular complexity index is 485. The molecule has 4 fully saturated rings. The Labute approximate surface area is 126 Å². The van der Waals surface area contributed by atoms with E-state index in [1.807, 2.05) is 0 Å². The van der Waals surface area contributed by atoms with Crippen molar-refractivity contribution in [2.45, 2.75) is 64.9 Å². The molecule has 0 aromatic carbocycles. The molecule has 4 aliphatic carbocycles. The van der Waals surface area contributed by atoms with Crippen molar-refractivity contribution < 1.29 is 14.3 Å². The lowest BCUT2D eigenvalue weighted by molar-refractivity contribution is -0.187. The normalized spacial score (nSPS) is 51.4. The van der Waals surface area contributed by atoms with Gasteiger partial charge in [0.05, 0.1) is 0 Å². The van der Waals surface area contributed by atoms with Crippen LogP contribution in [0.5, 0.6) is 0 Å². The van der Waals surface area contributed by atoms with Crippen molar-refractivity contribution >= 4 is 11.8 Å². The highest BCUT2D eigenvalue weighted by atomic mass is 16.5. The Morgan fingerprint density at radius 2 is 2.00 bits per heavy atom. The molecule has 0 aromatic heterocycles. The molecule has 3 heteroatoms. The number of esters is 1. The molecule has 0 amide bonds. The number of ether oxygens (including phenoxy) is 1. The van der Waals surface area contributed by atoms with E-state index in [0.29, 0.717) is 24.0 Å². The van der Waals surface area contributed by atoms with E-state index < -0.39 is 0 Å². The summed E-state index contributed by atoms with van der Waals surface area (Å²) >= 11 is 0. The molecule has 116 valence electrons. The molecule has 3 nitrogen and oxygen atoms in total. The molecular weight excluding hydrogens is 264 g/mol. The quantitative estimate of drug-likeness (QED) is 0.695. The van der Waals surface area contributed by atoms with Gasteiger partial charge in [0.25, 0.3) is 0 Å². The molecule has 4 rings (SSSR count). The molecule has 0 radical (unpaired) electrons. The number of hydrogen-bond donors (Lipinski definition) is 0. The van der Waals surface area contributed by atoms with Crippen LogP contribution in [0, 0.1) is 35.0 Å². The Balaban J connectivity index is 1.77. The van der Waals surface area contributed by atoms with Crippen molar-refractivity contribution in [3.8, 4) is 0 Å². The molecule has 0 aromatic rings. The van der Waals surface area contributed by atoms with Crippen LogP contribution in [0.15, 0.2) is 0 Å². The summed E-state index contributed by atoms with van der Waals surface area (Å²) in [6, 6.07) is 0. The van der Waals surface area contributed by atoms with Gasteiger partial charge in [-0.15, -0.1) is 0 Å². The maximum atomic E-state index is 12.5. The Hall–Kier alpha value is -0.860. The van der Waals surface area contributed by atoms with Gasteiger partial charge in [-0.05, 0) is 61.7 Å². The van der Waals surface area contributed by atoms with Crippen molar-refractivity contribution in [3.63, 3.8) is 0 Å². The van der Waals surface area contributed by atoms with Crippen molar-refractivity contribution in [2.24, 2.45) is 35.0 Å². The van der Waals surface area contributed by atoms with Crippen molar-refractivity contribution in [1.29, 1.82) is 0 Å². The molecule has 1 spiro atoms. The largest absolute Gasteiger partial charge is 0.462 e. The van der Waals surface area contributed by atoms with E-state index in [0.717, 1.165) is 31.1 Å². The number of ketones is 1. The van der Waals surface area contributed by atoms with Crippen LogP contribution >= 0.6 is 0 Å². The second-order valence-electron chi connectivity index (χ2n) is 8.15. The van der Waals surface area contributed by atoms with E-state index in [1.165, 1.54) is 26.2 Å². The van der Waals surface area contributed by atoms with Crippen molar-refractivity contribution in [2.75, 3.05) is 0 Å². The van der Waals surface area contributed by atoms with Gasteiger partial charge in [-0.25, -0.2) is 0 Å². The summed E-state index contributed by atoms with van der Waals surface area (Å²) in [6.45, 7) is 3.89. The Kier molecular flexibility index (Phi) is 3.00. The van der Waals surface area contributed by atoms with Gasteiger partial charge < -0.3 is 4.74 Å². The van der Waals surface area contributed by atoms with E-state index in [-0.39, 0.29) is 23.4 Å². The summed E-state index contributed by atoms with van der Waals surface area (Å²) in [5.74, 6) is 3.18. The zero-order valence-corrected chi connectivity index (χ0v) is 13.1. The molecule has 7 atom stereocenters. The fourth-order valence-corrected chi connectivity index (χ4v) is 6.96. The molecule has 2 bridgehead atoms. The van der Waals surface area contributed by atoms with Crippen LogP contribution in [-0.4, -0.2) is 17.9 Å². The van der Waals surface area contributed by atoms with Gasteiger partial charge in [0.2, 0.25) is 0 Å². The topological polar surface area (TPSA) is 43.4 Å². The molecule has 4 aliphatic rings. The minimum absolute atomic E-state index is 0.0740. The van der Waals surface area contributed by atoms with Crippen LogP contribution < -0.4 is 0 Å². The van der Waals surface area contributed by atoms with Crippen LogP contribution in [-0.2, 0) is 14.3 Å². The minimum Gasteiger partial charge on any atom is -0.462 e. The molecule has 0 N–H and O–H groups in total. The van der Waals surface area contributed by atoms with Crippen LogP contribution in [0.1, 0.15) is 58.8 Å². The standard InChI is InChI=1S/C18H26O3/c1-10-7-12-8-17(21-11(2)19)15-5-6-16(20)14-4-3-13(12)18(14,15)9-10/h10,12-15,17H,3-9H2,1-2H3/t10-,12-,13-,14+,15-,17+,18+/m1/s1. The lowest BCUT2D eigenvalue weighted by Crippen LogP contribution is -2.59. The van der Waals surface area contributed by atoms with Crippen LogP contribution in [0.2, 0.25) is 0 Å². The summed E-state index contributed by atoms with van der Waals surface area (Å²) in [4.78, 5) is 24.1. The first kappa shape index (κ1) is 13.8. The molecule has 0 aliphatic heterocycles. The number of rotatable bonds is 1. The van der Waals surface area contributed by atoms with Crippen molar-refractivity contribution in [1.82, 2.24) is 0 Å². The van der Waals surface area contributed by atoms with Crippen LogP contribution in [0.25, 0.3) is 0 Å². The molecule has 0 saturated heterocycles. The van der Waals surface area contributed by atoms with Crippen molar-refractivity contribution in [3.05, 3.63) is 0 Å². The highest BCUT2D eigenvalue weighted by Crippen LogP contribution is 2.69. The van der Waals surface area contributed by atoms with Crippen LogP contribution in [0.3, 0.4) is 0 Å². The third-order valence-corrected chi connectivity index (χ3v) is 7.16. The van der Waals surface area contributed by atoms with Gasteiger partial charge in [-0.3, -0.25) is 9.59 Å². The second-order valence-corrected chi connectivity index (χ2v) is 8.15. The fourth-order valence-electron chi connectivity index (χ4n) is 6.96. The summed E-state index contributed by atoms with van der Waals surface area (Å²) in [6.07, 6.45) is 7.55. The number of carbonyl (C=O) groups excluding carboxylic acids is 2. The molecular formula is C18H26O3. The lowest BCUT2D eigenvalue weighted by atomic mass is 9.44. The average molecular weight is 290 g/mol. The summed E-state index contributed by atoms with van der Waals surface area (Å²) in [7, 11) is 0. The fraction of sp³-hybridized carbons (Fsp3) is 0.889. The first-order chi connectivity index (χ1) is 10.0. The van der Waals surface area contributed by atoms with Gasteiger partial charge in [0, 0.05) is 25.2 Å². The lowest BCUT2D eigenvalue weighted by Gasteiger charge is -2.61. The van der Waals surface area contributed by atoms with Crippen LogP contribution in [0.4, 0.5) is 0 Å². The number of hydrogen-bond acceptors (Lipinski definition) is 3. The molecule has 0 unspecified atom stereocenters. The predicted octanol–water partition coefficient (Wildman–Crippen LogP) is 3.36. The maximum absolute atomic E-state index is 12.5. The maximum Gasteiger partial charge on any atom is 0.302 e. The summed E-state index contributed by atoms with van der Waals surface area (Å²) < 4.78 is 5.74. The number of Topliss-reactive ketones (excluding diaryl/α,β-unsaturated/α-hetero) is 1. The van der Waals surface area contributed by atoms with E-state index >= 15 is 0 Å². The average Bonchev–Trinajstić information content (AvgIpc) is 2.77. The zero-order chi connectivity index (χ0) is 14.8. The van der Waals surface area contributed by atoms with Gasteiger partial charge in [0.15, 0.2) is 0 Å². The molecule has 0 heterocycles. The van der Waals surface area contributed by atoms with Gasteiger partial charge >= 0.3 is 5.97 Å². The monoisotopic (exact) mass is 290 g/mol. The van der Waals surface area contributed by atoms with E-state index in [9.17, 15) is 9.59 Å². The van der Waals surface area contributed by atoms with Gasteiger partial charge in [0.1, 0.15) is 11.9 Å². The highest BCUT2D eigenvalue weighted by molar-refractivity contribution is 5.83. The third-order valence-electron chi connectivity index (χ3n) is 7.16. The number of carbonyl (C=O) groups is 2. The smallest absolute Gasteiger partial charge is 0.302 e. The van der Waals surface area contributed by atoms with Gasteiger partial charge in [-0.1, -0.05) is 6.92 Å². The Morgan fingerprint density at radius 3 is 2.76 bits per heavy atom. The third kappa shape index (κ3) is 1.78. The SMILES string of the molecule is CC(=O)O[C@H]1C[C@H]2C[C@@H](C)C[C@]34[C@@H]2CC[C@H]3C(=O)CC[C@H]14. The van der Waals surface area contributed by atoms with E-state index in [4.69, 9.17) is 4.74 Å².